The van der Waals surface area contributed by atoms with Gasteiger partial charge in [0.25, 0.3) is 17.4 Å². The van der Waals surface area contributed by atoms with Crippen molar-refractivity contribution in [2.75, 3.05) is 12.4 Å². The average molecular weight is 596 g/mol. The van der Waals surface area contributed by atoms with Crippen molar-refractivity contribution in [3.05, 3.63) is 84.7 Å². The average Bonchev–Trinajstić information content (AvgIpc) is 2.87. The molecule has 1 aromatic heterocycles. The summed E-state index contributed by atoms with van der Waals surface area (Å²) in [4.78, 5) is 45.3. The van der Waals surface area contributed by atoms with E-state index in [2.05, 4.69) is 15.6 Å². The number of amides is 2. The van der Waals surface area contributed by atoms with Crippen LogP contribution >= 0.6 is 23.2 Å². The number of rotatable bonds is 5. The highest BCUT2D eigenvalue weighted by molar-refractivity contribution is 6.34. The molecule has 0 saturated heterocycles. The summed E-state index contributed by atoms with van der Waals surface area (Å²) in [6.07, 6.45) is -4.60. The third kappa shape index (κ3) is 5.66. The van der Waals surface area contributed by atoms with Gasteiger partial charge in [-0.2, -0.15) is 13.2 Å². The van der Waals surface area contributed by atoms with Gasteiger partial charge in [0, 0.05) is 30.3 Å². The van der Waals surface area contributed by atoms with E-state index >= 15 is 0 Å². The van der Waals surface area contributed by atoms with Gasteiger partial charge in [0.15, 0.2) is 0 Å². The van der Waals surface area contributed by atoms with Gasteiger partial charge >= 0.3 is 6.18 Å². The molecule has 40 heavy (non-hydrogen) atoms. The molecule has 4 rings (SSSR count). The van der Waals surface area contributed by atoms with Crippen LogP contribution in [0.5, 0.6) is 0 Å². The summed E-state index contributed by atoms with van der Waals surface area (Å²) < 4.78 is 41.5. The number of halogens is 5. The second kappa shape index (κ2) is 11.1. The quantitative estimate of drug-likeness (QED) is 0.416. The van der Waals surface area contributed by atoms with Gasteiger partial charge in [-0.15, -0.1) is 0 Å². The Hall–Kier alpha value is -3.57. The van der Waals surface area contributed by atoms with Gasteiger partial charge in [0.1, 0.15) is 0 Å². The van der Waals surface area contributed by atoms with Crippen LogP contribution in [0.1, 0.15) is 58.3 Å². The number of benzene rings is 2. The standard InChI is InChI=1S/C27H26Cl2F3N5O3/c1-13(2)34-26-35-22-12-36(24(39)15-5-8-20(28)19(10-15)27(30,31)32)14(3)9-18(22)25(40)37(26)16-6-7-17(21(29)11-16)23(38)33-4/h5-8,10-11,13-14H,9,12H2,1-4H3,(H,33,38)(H,34,35)/t14-/m1/s1. The van der Waals surface area contributed by atoms with Crippen LogP contribution in [-0.4, -0.2) is 45.4 Å². The highest BCUT2D eigenvalue weighted by atomic mass is 35.5. The molecule has 0 bridgehead atoms. The SMILES string of the molecule is CNC(=O)c1ccc(-n2c(NC(C)C)nc3c(c2=O)C[C@@H](C)N(C(=O)c2ccc(Cl)c(C(F)(F)F)c2)C3)cc1Cl. The molecule has 2 amide bonds. The predicted octanol–water partition coefficient (Wildman–Crippen LogP) is 5.33. The van der Waals surface area contributed by atoms with Gasteiger partial charge in [0.2, 0.25) is 5.95 Å². The maximum absolute atomic E-state index is 13.8. The minimum atomic E-state index is -4.72. The second-order valence-electron chi connectivity index (χ2n) is 9.72. The molecule has 3 aromatic rings. The van der Waals surface area contributed by atoms with Crippen molar-refractivity contribution in [3.8, 4) is 5.69 Å². The van der Waals surface area contributed by atoms with Crippen molar-refractivity contribution in [2.45, 2.75) is 52.0 Å². The molecule has 212 valence electrons. The van der Waals surface area contributed by atoms with Crippen molar-refractivity contribution in [1.82, 2.24) is 19.8 Å². The van der Waals surface area contributed by atoms with Crippen LogP contribution in [0.4, 0.5) is 19.1 Å². The first-order valence-corrected chi connectivity index (χ1v) is 13.1. The molecule has 2 N–H and O–H groups in total. The maximum Gasteiger partial charge on any atom is 0.417 e. The Morgan fingerprint density at radius 1 is 1.10 bits per heavy atom. The van der Waals surface area contributed by atoms with Crippen LogP contribution in [-0.2, 0) is 19.1 Å². The molecule has 13 heteroatoms. The highest BCUT2D eigenvalue weighted by Crippen LogP contribution is 2.36. The first-order chi connectivity index (χ1) is 18.7. The van der Waals surface area contributed by atoms with Crippen LogP contribution in [0.25, 0.3) is 5.69 Å². The fourth-order valence-electron chi connectivity index (χ4n) is 4.53. The molecule has 2 heterocycles. The molecule has 0 saturated carbocycles. The Labute approximate surface area is 238 Å². The van der Waals surface area contributed by atoms with E-state index < -0.39 is 28.7 Å². The molecule has 0 aliphatic carbocycles. The summed E-state index contributed by atoms with van der Waals surface area (Å²) in [5.74, 6) is -0.828. The molecule has 0 spiro atoms. The number of carbonyl (C=O) groups excluding carboxylic acids is 2. The van der Waals surface area contributed by atoms with E-state index in [-0.39, 0.29) is 52.6 Å². The number of anilines is 1. The molecule has 1 aliphatic rings. The molecule has 0 radical (unpaired) electrons. The van der Waals surface area contributed by atoms with E-state index in [1.54, 1.807) is 13.0 Å². The number of hydrogen-bond acceptors (Lipinski definition) is 5. The van der Waals surface area contributed by atoms with E-state index in [1.807, 2.05) is 13.8 Å². The van der Waals surface area contributed by atoms with Gasteiger partial charge in [-0.05, 0) is 63.6 Å². The lowest BCUT2D eigenvalue weighted by Crippen LogP contribution is -2.46. The van der Waals surface area contributed by atoms with Crippen LogP contribution in [0.2, 0.25) is 10.0 Å². The van der Waals surface area contributed by atoms with E-state index in [0.29, 0.717) is 16.9 Å². The second-order valence-corrected chi connectivity index (χ2v) is 10.5. The monoisotopic (exact) mass is 595 g/mol. The summed E-state index contributed by atoms with van der Waals surface area (Å²) in [7, 11) is 1.48. The normalized spacial score (nSPS) is 15.2. The zero-order chi connectivity index (χ0) is 29.5. The topological polar surface area (TPSA) is 96.3 Å². The summed E-state index contributed by atoms with van der Waals surface area (Å²) in [5, 5.41) is 5.28. The first-order valence-electron chi connectivity index (χ1n) is 12.3. The zero-order valence-electron chi connectivity index (χ0n) is 22.0. The van der Waals surface area contributed by atoms with Crippen LogP contribution in [0.15, 0.2) is 41.2 Å². The van der Waals surface area contributed by atoms with Gasteiger partial charge in [-0.1, -0.05) is 23.2 Å². The predicted molar refractivity (Wildman–Crippen MR) is 146 cm³/mol. The number of nitrogens with one attached hydrogen (secondary N) is 2. The Balaban J connectivity index is 1.77. The smallest absolute Gasteiger partial charge is 0.355 e. The maximum atomic E-state index is 13.8. The molecule has 0 fully saturated rings. The minimum absolute atomic E-state index is 0.0848. The Morgan fingerprint density at radius 2 is 1.80 bits per heavy atom. The van der Waals surface area contributed by atoms with E-state index in [9.17, 15) is 27.6 Å². The highest BCUT2D eigenvalue weighted by Gasteiger charge is 2.36. The fraction of sp³-hybridized carbons (Fsp3) is 0.333. The lowest BCUT2D eigenvalue weighted by Gasteiger charge is -2.35. The van der Waals surface area contributed by atoms with E-state index in [1.165, 1.54) is 34.7 Å². The van der Waals surface area contributed by atoms with Crippen molar-refractivity contribution in [1.29, 1.82) is 0 Å². The number of hydrogen-bond donors (Lipinski definition) is 2. The minimum Gasteiger partial charge on any atom is -0.355 e. The third-order valence-corrected chi connectivity index (χ3v) is 7.14. The summed E-state index contributed by atoms with van der Waals surface area (Å²) >= 11 is 12.1. The molecule has 0 unspecified atom stereocenters. The van der Waals surface area contributed by atoms with E-state index in [0.717, 1.165) is 12.1 Å². The Kier molecular flexibility index (Phi) is 8.18. The van der Waals surface area contributed by atoms with Gasteiger partial charge in [0.05, 0.1) is 39.1 Å². The van der Waals surface area contributed by atoms with Gasteiger partial charge in [-0.3, -0.25) is 14.4 Å². The van der Waals surface area contributed by atoms with Crippen molar-refractivity contribution < 1.29 is 22.8 Å². The molecule has 2 aromatic carbocycles. The third-order valence-electron chi connectivity index (χ3n) is 6.49. The molecular formula is C27H26Cl2F3N5O3. The lowest BCUT2D eigenvalue weighted by molar-refractivity contribution is -0.137. The Morgan fingerprint density at radius 3 is 2.40 bits per heavy atom. The molecule has 1 aliphatic heterocycles. The van der Waals surface area contributed by atoms with E-state index in [4.69, 9.17) is 23.2 Å². The van der Waals surface area contributed by atoms with Crippen LogP contribution in [0, 0.1) is 0 Å². The first kappa shape index (κ1) is 29.4. The number of alkyl halides is 3. The number of fused-ring (bicyclic) bond motifs is 1. The molecule has 8 nitrogen and oxygen atoms in total. The molecule has 1 atom stereocenters. The molecular weight excluding hydrogens is 570 g/mol. The van der Waals surface area contributed by atoms with Crippen molar-refractivity contribution in [3.63, 3.8) is 0 Å². The van der Waals surface area contributed by atoms with Gasteiger partial charge in [-0.25, -0.2) is 9.55 Å². The lowest BCUT2D eigenvalue weighted by atomic mass is 9.98. The van der Waals surface area contributed by atoms with Crippen LogP contribution < -0.4 is 16.2 Å². The summed E-state index contributed by atoms with van der Waals surface area (Å²) in [5.41, 5.74) is -0.348. The number of aromatic nitrogens is 2. The Bertz CT molecular complexity index is 1560. The number of carbonyl (C=O) groups is 2. The van der Waals surface area contributed by atoms with Crippen LogP contribution in [0.3, 0.4) is 0 Å². The van der Waals surface area contributed by atoms with Crippen molar-refractivity contribution in [2.24, 2.45) is 0 Å². The summed E-state index contributed by atoms with van der Waals surface area (Å²) in [6, 6.07) is 6.95. The largest absolute Gasteiger partial charge is 0.417 e. The fourth-order valence-corrected chi connectivity index (χ4v) is 5.01. The van der Waals surface area contributed by atoms with Crippen molar-refractivity contribution >= 4 is 41.0 Å². The zero-order valence-corrected chi connectivity index (χ0v) is 23.5. The number of nitrogens with zero attached hydrogens (tertiary/aromatic N) is 3. The van der Waals surface area contributed by atoms with Gasteiger partial charge < -0.3 is 15.5 Å². The summed E-state index contributed by atoms with van der Waals surface area (Å²) in [6.45, 7) is 5.33.